The fourth-order valence-corrected chi connectivity index (χ4v) is 4.30. The first-order valence-electron chi connectivity index (χ1n) is 5.43. The molecule has 1 aromatic carbocycles. The third-order valence-corrected chi connectivity index (χ3v) is 5.59. The predicted octanol–water partition coefficient (Wildman–Crippen LogP) is 3.56. The van der Waals surface area contributed by atoms with Gasteiger partial charge in [-0.2, -0.15) is 0 Å². The van der Waals surface area contributed by atoms with Crippen LogP contribution in [0, 0.1) is 22.9 Å². The van der Waals surface area contributed by atoms with Gasteiger partial charge in [0, 0.05) is 6.07 Å². The smallest absolute Gasteiger partial charge is 0.279 e. The van der Waals surface area contributed by atoms with Crippen molar-refractivity contribution in [2.24, 2.45) is 0 Å². The summed E-state index contributed by atoms with van der Waals surface area (Å²) in [5, 5.41) is 10.7. The van der Waals surface area contributed by atoms with Gasteiger partial charge in [-0.3, -0.25) is 14.8 Å². The lowest BCUT2D eigenvalue weighted by Crippen LogP contribution is -2.11. The molecular formula is C11H8ClFN2O4S2. The standard InChI is InChI=1S/C11H8ClFN2O4S2/c1-6-2-7(13)4-8(3-6)14-21(18,19)10-5-9(15(16)17)11(12)20-10/h2-5,14H,1H3. The van der Waals surface area contributed by atoms with Crippen LogP contribution in [0.1, 0.15) is 5.56 Å². The summed E-state index contributed by atoms with van der Waals surface area (Å²) < 4.78 is 39.1. The van der Waals surface area contributed by atoms with E-state index in [0.29, 0.717) is 16.9 Å². The molecule has 10 heteroatoms. The monoisotopic (exact) mass is 350 g/mol. The van der Waals surface area contributed by atoms with Crippen molar-refractivity contribution in [2.75, 3.05) is 4.72 Å². The summed E-state index contributed by atoms with van der Waals surface area (Å²) in [7, 11) is -4.07. The fourth-order valence-electron chi connectivity index (χ4n) is 1.60. The Bertz CT molecular complexity index is 799. The number of nitro groups is 1. The van der Waals surface area contributed by atoms with E-state index in [2.05, 4.69) is 4.72 Å². The maximum Gasteiger partial charge on any atom is 0.300 e. The maximum absolute atomic E-state index is 13.2. The van der Waals surface area contributed by atoms with Crippen LogP contribution in [0.5, 0.6) is 0 Å². The molecule has 0 saturated carbocycles. The Morgan fingerprint density at radius 3 is 2.52 bits per heavy atom. The molecule has 1 heterocycles. The average Bonchev–Trinajstić information content (AvgIpc) is 2.70. The van der Waals surface area contributed by atoms with E-state index in [4.69, 9.17) is 11.6 Å². The summed E-state index contributed by atoms with van der Waals surface area (Å²) in [5.74, 6) is -0.595. The largest absolute Gasteiger partial charge is 0.300 e. The van der Waals surface area contributed by atoms with Crippen LogP contribution in [0.15, 0.2) is 28.5 Å². The Morgan fingerprint density at radius 1 is 1.33 bits per heavy atom. The van der Waals surface area contributed by atoms with Gasteiger partial charge in [-0.05, 0) is 30.7 Å². The second kappa shape index (κ2) is 5.58. The Hall–Kier alpha value is -1.71. The van der Waals surface area contributed by atoms with E-state index in [1.165, 1.54) is 12.1 Å². The topological polar surface area (TPSA) is 89.3 Å². The molecule has 0 aliphatic carbocycles. The minimum Gasteiger partial charge on any atom is -0.279 e. The molecule has 0 aliphatic rings. The third-order valence-electron chi connectivity index (χ3n) is 2.40. The van der Waals surface area contributed by atoms with Crippen LogP contribution in [0.25, 0.3) is 0 Å². The summed E-state index contributed by atoms with van der Waals surface area (Å²) in [6.45, 7) is 1.60. The van der Waals surface area contributed by atoms with Gasteiger partial charge in [0.05, 0.1) is 10.6 Å². The molecule has 0 bridgehead atoms. The van der Waals surface area contributed by atoms with Gasteiger partial charge < -0.3 is 0 Å². The van der Waals surface area contributed by atoms with E-state index in [9.17, 15) is 22.9 Å². The van der Waals surface area contributed by atoms with Crippen molar-refractivity contribution in [3.8, 4) is 0 Å². The summed E-state index contributed by atoms with van der Waals surface area (Å²) in [6.07, 6.45) is 0. The summed E-state index contributed by atoms with van der Waals surface area (Å²) in [6, 6.07) is 4.55. The van der Waals surface area contributed by atoms with E-state index in [-0.39, 0.29) is 14.2 Å². The number of rotatable bonds is 4. The van der Waals surface area contributed by atoms with Gasteiger partial charge >= 0.3 is 0 Å². The molecule has 2 aromatic rings. The van der Waals surface area contributed by atoms with Crippen LogP contribution in [-0.2, 0) is 10.0 Å². The molecular weight excluding hydrogens is 343 g/mol. The van der Waals surface area contributed by atoms with Crippen molar-refractivity contribution < 1.29 is 17.7 Å². The van der Waals surface area contributed by atoms with Gasteiger partial charge in [0.25, 0.3) is 15.7 Å². The first-order chi connectivity index (χ1) is 9.69. The normalized spacial score (nSPS) is 11.4. The van der Waals surface area contributed by atoms with Crippen LogP contribution in [-0.4, -0.2) is 13.3 Å². The molecule has 1 N–H and O–H groups in total. The first kappa shape index (κ1) is 15.7. The quantitative estimate of drug-likeness (QED) is 0.674. The van der Waals surface area contributed by atoms with Crippen molar-refractivity contribution in [3.05, 3.63) is 50.1 Å². The Morgan fingerprint density at radius 2 is 2.00 bits per heavy atom. The molecule has 21 heavy (non-hydrogen) atoms. The lowest BCUT2D eigenvalue weighted by molar-refractivity contribution is -0.384. The zero-order chi connectivity index (χ0) is 15.8. The van der Waals surface area contributed by atoms with Crippen molar-refractivity contribution in [2.45, 2.75) is 11.1 Å². The number of aryl methyl sites for hydroxylation is 1. The van der Waals surface area contributed by atoms with E-state index < -0.39 is 26.5 Å². The number of anilines is 1. The van der Waals surface area contributed by atoms with Crippen LogP contribution in [0.3, 0.4) is 0 Å². The SMILES string of the molecule is Cc1cc(F)cc(NS(=O)(=O)c2cc([N+](=O)[O-])c(Cl)s2)c1. The molecule has 0 spiro atoms. The van der Waals surface area contributed by atoms with E-state index in [0.717, 1.165) is 12.1 Å². The Balaban J connectivity index is 2.38. The molecule has 6 nitrogen and oxygen atoms in total. The molecule has 1 aromatic heterocycles. The number of halogens is 2. The van der Waals surface area contributed by atoms with Gasteiger partial charge in [0.2, 0.25) is 0 Å². The number of nitrogens with zero attached hydrogens (tertiary/aromatic N) is 1. The fraction of sp³-hybridized carbons (Fsp3) is 0.0909. The number of nitrogens with one attached hydrogen (secondary N) is 1. The minimum absolute atomic E-state index is 0.0275. The van der Waals surface area contributed by atoms with Crippen LogP contribution >= 0.6 is 22.9 Å². The minimum atomic E-state index is -4.07. The highest BCUT2D eigenvalue weighted by Crippen LogP contribution is 2.36. The number of hydrogen-bond acceptors (Lipinski definition) is 5. The first-order valence-corrected chi connectivity index (χ1v) is 8.10. The third kappa shape index (κ3) is 3.49. The zero-order valence-corrected chi connectivity index (χ0v) is 12.9. The molecule has 0 unspecified atom stereocenters. The van der Waals surface area contributed by atoms with Crippen molar-refractivity contribution in [3.63, 3.8) is 0 Å². The maximum atomic E-state index is 13.2. The predicted molar refractivity (Wildman–Crippen MR) is 77.9 cm³/mol. The van der Waals surface area contributed by atoms with Gasteiger partial charge in [-0.1, -0.05) is 11.6 Å². The van der Waals surface area contributed by atoms with E-state index in [1.807, 2.05) is 0 Å². The van der Waals surface area contributed by atoms with Gasteiger partial charge in [0.1, 0.15) is 10.0 Å². The van der Waals surface area contributed by atoms with Crippen LogP contribution in [0.4, 0.5) is 15.8 Å². The van der Waals surface area contributed by atoms with Gasteiger partial charge in [0.15, 0.2) is 4.34 Å². The highest BCUT2D eigenvalue weighted by molar-refractivity contribution is 7.94. The van der Waals surface area contributed by atoms with E-state index in [1.54, 1.807) is 6.92 Å². The number of hydrogen-bond donors (Lipinski definition) is 1. The molecule has 0 aliphatic heterocycles. The van der Waals surface area contributed by atoms with Crippen molar-refractivity contribution in [1.29, 1.82) is 0 Å². The van der Waals surface area contributed by atoms with Crippen molar-refractivity contribution >= 4 is 44.3 Å². The van der Waals surface area contributed by atoms with Gasteiger partial charge in [-0.25, -0.2) is 12.8 Å². The highest BCUT2D eigenvalue weighted by atomic mass is 35.5. The van der Waals surface area contributed by atoms with Crippen molar-refractivity contribution in [1.82, 2.24) is 0 Å². The summed E-state index contributed by atoms with van der Waals surface area (Å²) >= 11 is 6.18. The van der Waals surface area contributed by atoms with Crippen LogP contribution in [0.2, 0.25) is 4.34 Å². The Kier molecular flexibility index (Phi) is 4.17. The number of benzene rings is 1. The molecule has 0 amide bonds. The molecule has 0 fully saturated rings. The zero-order valence-electron chi connectivity index (χ0n) is 10.5. The second-order valence-electron chi connectivity index (χ2n) is 4.10. The molecule has 0 atom stereocenters. The van der Waals surface area contributed by atoms with Gasteiger partial charge in [-0.15, -0.1) is 11.3 Å². The highest BCUT2D eigenvalue weighted by Gasteiger charge is 2.25. The lowest BCUT2D eigenvalue weighted by atomic mass is 10.2. The van der Waals surface area contributed by atoms with Crippen LogP contribution < -0.4 is 4.72 Å². The number of sulfonamides is 1. The summed E-state index contributed by atoms with van der Waals surface area (Å²) in [4.78, 5) is 9.90. The summed E-state index contributed by atoms with van der Waals surface area (Å²) in [5.41, 5.74) is 0.0695. The lowest BCUT2D eigenvalue weighted by Gasteiger charge is -2.07. The average molecular weight is 351 g/mol. The second-order valence-corrected chi connectivity index (χ2v) is 7.67. The molecule has 112 valence electrons. The number of thiophene rings is 1. The molecule has 2 rings (SSSR count). The molecule has 0 radical (unpaired) electrons. The Labute approximate surface area is 128 Å². The van der Waals surface area contributed by atoms with E-state index >= 15 is 0 Å². The molecule has 0 saturated heterocycles.